The molecule has 5 aromatic rings. The third kappa shape index (κ3) is 11.0. The molecule has 6 heterocycles. The van der Waals surface area contributed by atoms with Gasteiger partial charge in [0.05, 0.1) is 17.8 Å². The van der Waals surface area contributed by atoms with Crippen LogP contribution in [0.3, 0.4) is 0 Å². The number of aliphatic hydroxyl groups excluding tert-OH is 1. The van der Waals surface area contributed by atoms with Gasteiger partial charge in [-0.1, -0.05) is 0 Å². The number of carboxylic acid groups (broad SMARTS) is 1. The van der Waals surface area contributed by atoms with Crippen LogP contribution in [-0.4, -0.2) is 122 Å². The molecule has 0 radical (unpaired) electrons. The molecule has 5 aromatic heterocycles. The van der Waals surface area contributed by atoms with Crippen molar-refractivity contribution >= 4 is 58.5 Å². The number of imidazole rings is 3. The van der Waals surface area contributed by atoms with Crippen LogP contribution in [0.15, 0.2) is 49.3 Å². The molecule has 5 amide bonds. The van der Waals surface area contributed by atoms with Gasteiger partial charge < -0.3 is 75.0 Å². The molecule has 1 fully saturated rings. The standard InChI is InChI=1S/C37H47N15O9/c1-48-13-12-38-29(48)35(59)42-20-14-23(49(2)16-20)33(57)40-10-7-27(53)44-25-18-52(5)31(45-25)36(60)43-21-15-22(50(3)17-21)32(56)39-9-6-24-37(61-24)47-26-19-51(4)30(46-26)34(58)41-11-8-28(54)55/h12-19,24,27,37,44,47,53H,6-11H2,1-5H3,(H,39,56)(H,40,57)(H,41,58)(H,42,59)(H,43,60)(H,54,55). The molecular weight excluding hydrogens is 799 g/mol. The monoisotopic (exact) mass is 845 g/mol. The van der Waals surface area contributed by atoms with Crippen molar-refractivity contribution in [3.05, 3.63) is 78.2 Å². The van der Waals surface area contributed by atoms with Crippen LogP contribution in [0.4, 0.5) is 23.0 Å². The molecule has 24 heteroatoms. The number of rotatable bonds is 20. The zero-order chi connectivity index (χ0) is 44.0. The number of epoxide rings is 1. The second kappa shape index (κ2) is 18.6. The largest absolute Gasteiger partial charge is 0.481 e. The number of aryl methyl sites for hydroxylation is 5. The quantitative estimate of drug-likeness (QED) is 0.0362. The second-order valence-corrected chi connectivity index (χ2v) is 14.2. The Labute approximate surface area is 347 Å². The number of hydrogen-bond donors (Lipinski definition) is 9. The Kier molecular flexibility index (Phi) is 13.2. The second-order valence-electron chi connectivity index (χ2n) is 14.2. The van der Waals surface area contributed by atoms with E-state index in [1.165, 1.54) is 33.7 Å². The van der Waals surface area contributed by atoms with Crippen LogP contribution in [0.1, 0.15) is 72.1 Å². The topological polar surface area (TPSA) is 303 Å². The van der Waals surface area contributed by atoms with Crippen LogP contribution in [0.5, 0.6) is 0 Å². The van der Waals surface area contributed by atoms with Gasteiger partial charge in [-0.05, 0) is 18.6 Å². The zero-order valence-corrected chi connectivity index (χ0v) is 33.9. The lowest BCUT2D eigenvalue weighted by Gasteiger charge is -2.12. The van der Waals surface area contributed by atoms with Crippen LogP contribution in [0, 0.1) is 0 Å². The summed E-state index contributed by atoms with van der Waals surface area (Å²) < 4.78 is 13.3. The molecule has 0 spiro atoms. The molecule has 61 heavy (non-hydrogen) atoms. The number of nitrogens with zero attached hydrogens (tertiary/aromatic N) is 8. The first-order valence-electron chi connectivity index (χ1n) is 19.0. The molecule has 3 atom stereocenters. The molecule has 0 bridgehead atoms. The van der Waals surface area contributed by atoms with Gasteiger partial charge in [0.15, 0.2) is 12.1 Å². The van der Waals surface area contributed by atoms with E-state index in [0.29, 0.717) is 29.3 Å². The molecule has 1 aliphatic heterocycles. The minimum atomic E-state index is -1.12. The van der Waals surface area contributed by atoms with Crippen molar-refractivity contribution in [2.24, 2.45) is 35.2 Å². The Morgan fingerprint density at radius 1 is 0.689 bits per heavy atom. The van der Waals surface area contributed by atoms with Crippen LogP contribution >= 0.6 is 0 Å². The Morgan fingerprint density at radius 3 is 1.85 bits per heavy atom. The van der Waals surface area contributed by atoms with Crippen molar-refractivity contribution < 1.29 is 43.7 Å². The Morgan fingerprint density at radius 2 is 1.25 bits per heavy atom. The molecule has 6 rings (SSSR count). The number of ether oxygens (including phenoxy) is 1. The van der Waals surface area contributed by atoms with Gasteiger partial charge in [-0.25, -0.2) is 15.0 Å². The molecule has 1 aliphatic rings. The molecule has 24 nitrogen and oxygen atoms in total. The Balaban J connectivity index is 0.904. The van der Waals surface area contributed by atoms with E-state index >= 15 is 0 Å². The third-order valence-electron chi connectivity index (χ3n) is 9.40. The van der Waals surface area contributed by atoms with Gasteiger partial charge in [0.2, 0.25) is 11.6 Å². The average Bonchev–Trinajstić information content (AvgIpc) is 3.70. The summed E-state index contributed by atoms with van der Waals surface area (Å²) in [7, 11) is 8.27. The van der Waals surface area contributed by atoms with E-state index < -0.39 is 35.8 Å². The number of carbonyl (C=O) groups is 6. The summed E-state index contributed by atoms with van der Waals surface area (Å²) in [5.41, 5.74) is 1.35. The molecule has 324 valence electrons. The maximum atomic E-state index is 13.2. The minimum absolute atomic E-state index is 0.0226. The van der Waals surface area contributed by atoms with Crippen molar-refractivity contribution in [3.63, 3.8) is 0 Å². The van der Waals surface area contributed by atoms with Crippen LogP contribution in [-0.2, 0) is 44.8 Å². The predicted octanol–water partition coefficient (Wildman–Crippen LogP) is -0.219. The fraction of sp³-hybridized carbons (Fsp3) is 0.378. The van der Waals surface area contributed by atoms with Crippen LogP contribution in [0.25, 0.3) is 0 Å². The average molecular weight is 846 g/mol. The predicted molar refractivity (Wildman–Crippen MR) is 217 cm³/mol. The number of carboxylic acids is 1. The summed E-state index contributed by atoms with van der Waals surface area (Å²) in [5, 5.41) is 38.8. The van der Waals surface area contributed by atoms with E-state index in [1.807, 2.05) is 0 Å². The lowest BCUT2D eigenvalue weighted by atomic mass is 10.3. The molecule has 0 aliphatic carbocycles. The number of carbonyl (C=O) groups excluding carboxylic acids is 5. The van der Waals surface area contributed by atoms with Gasteiger partial charge in [-0.15, -0.1) is 0 Å². The highest BCUT2D eigenvalue weighted by Gasteiger charge is 2.39. The number of aliphatic hydroxyl groups is 1. The molecule has 9 N–H and O–H groups in total. The van der Waals surface area contributed by atoms with Crippen molar-refractivity contribution in [3.8, 4) is 0 Å². The van der Waals surface area contributed by atoms with Crippen LogP contribution in [0.2, 0.25) is 0 Å². The first-order chi connectivity index (χ1) is 29.1. The lowest BCUT2D eigenvalue weighted by Crippen LogP contribution is -2.30. The number of amides is 5. The number of anilines is 4. The Hall–Kier alpha value is -7.47. The summed E-state index contributed by atoms with van der Waals surface area (Å²) in [6.07, 6.45) is 8.14. The van der Waals surface area contributed by atoms with E-state index in [1.54, 1.807) is 73.7 Å². The SMILES string of the molecule is Cn1cc(NC(=O)c2nccn2C)cc1C(=O)NCCC(O)Nc1cn(C)c(C(=O)Nc2cc(C(=O)NCCC3OC3Nc3cn(C)c(C(=O)NCCC(=O)O)n3)n(C)c2)n1. The maximum Gasteiger partial charge on any atom is 0.305 e. The summed E-state index contributed by atoms with van der Waals surface area (Å²) in [4.78, 5) is 87.0. The highest BCUT2D eigenvalue weighted by atomic mass is 16.6. The van der Waals surface area contributed by atoms with Crippen molar-refractivity contribution in [2.75, 3.05) is 40.9 Å². The maximum absolute atomic E-state index is 13.2. The van der Waals surface area contributed by atoms with E-state index in [9.17, 15) is 33.9 Å². The van der Waals surface area contributed by atoms with E-state index in [-0.39, 0.29) is 79.7 Å². The summed E-state index contributed by atoms with van der Waals surface area (Å²) >= 11 is 0. The molecule has 0 aromatic carbocycles. The highest BCUT2D eigenvalue weighted by Crippen LogP contribution is 2.26. The number of aliphatic carboxylic acids is 1. The Bertz CT molecular complexity index is 2440. The van der Waals surface area contributed by atoms with Gasteiger partial charge in [0.1, 0.15) is 35.4 Å². The van der Waals surface area contributed by atoms with Gasteiger partial charge in [0, 0.05) is 98.5 Å². The smallest absolute Gasteiger partial charge is 0.305 e. The first kappa shape index (κ1) is 43.1. The fourth-order valence-corrected chi connectivity index (χ4v) is 6.24. The number of hydrogen-bond acceptors (Lipinski definition) is 13. The zero-order valence-electron chi connectivity index (χ0n) is 33.9. The third-order valence-corrected chi connectivity index (χ3v) is 9.40. The van der Waals surface area contributed by atoms with Crippen molar-refractivity contribution in [1.82, 2.24) is 53.7 Å². The van der Waals surface area contributed by atoms with Gasteiger partial charge in [-0.3, -0.25) is 28.8 Å². The fourth-order valence-electron chi connectivity index (χ4n) is 6.24. The van der Waals surface area contributed by atoms with Gasteiger partial charge in [-0.2, -0.15) is 0 Å². The minimum Gasteiger partial charge on any atom is -0.481 e. The van der Waals surface area contributed by atoms with Crippen LogP contribution < -0.4 is 37.2 Å². The molecule has 1 saturated heterocycles. The highest BCUT2D eigenvalue weighted by molar-refractivity contribution is 6.04. The van der Waals surface area contributed by atoms with Crippen molar-refractivity contribution in [1.29, 1.82) is 0 Å². The van der Waals surface area contributed by atoms with E-state index in [2.05, 4.69) is 52.2 Å². The summed E-state index contributed by atoms with van der Waals surface area (Å²) in [5.74, 6) is -2.32. The molecular formula is C37H47N15O9. The van der Waals surface area contributed by atoms with Gasteiger partial charge >= 0.3 is 5.97 Å². The molecule has 3 unspecified atom stereocenters. The number of aromatic nitrogens is 8. The van der Waals surface area contributed by atoms with Gasteiger partial charge in [0.25, 0.3) is 29.5 Å². The lowest BCUT2D eigenvalue weighted by molar-refractivity contribution is -0.136. The summed E-state index contributed by atoms with van der Waals surface area (Å²) in [6.45, 7) is 0.363. The first-order valence-corrected chi connectivity index (χ1v) is 19.0. The molecule has 0 saturated carbocycles. The normalized spacial score (nSPS) is 14.8. The summed E-state index contributed by atoms with van der Waals surface area (Å²) in [6, 6.07) is 3.05. The number of nitrogens with one attached hydrogen (secondary N) is 7. The van der Waals surface area contributed by atoms with E-state index in [0.717, 1.165) is 0 Å². The van der Waals surface area contributed by atoms with E-state index in [4.69, 9.17) is 9.84 Å². The van der Waals surface area contributed by atoms with Crippen molar-refractivity contribution in [2.45, 2.75) is 37.8 Å².